The van der Waals surface area contributed by atoms with Crippen LogP contribution >= 0.6 is 11.8 Å². The second-order valence-corrected chi connectivity index (χ2v) is 7.86. The van der Waals surface area contributed by atoms with E-state index in [0.717, 1.165) is 5.75 Å². The first kappa shape index (κ1) is 19.8. The Labute approximate surface area is 168 Å². The lowest BCUT2D eigenvalue weighted by Gasteiger charge is -2.12. The predicted octanol–water partition coefficient (Wildman–Crippen LogP) is 4.03. The molecule has 3 rings (SSSR count). The van der Waals surface area contributed by atoms with Gasteiger partial charge in [0.25, 0.3) is 0 Å². The van der Waals surface area contributed by atoms with E-state index < -0.39 is 0 Å². The van der Waals surface area contributed by atoms with Crippen LogP contribution in [0.3, 0.4) is 0 Å². The van der Waals surface area contributed by atoms with Crippen LogP contribution in [0.1, 0.15) is 32.5 Å². The van der Waals surface area contributed by atoms with E-state index in [-0.39, 0.29) is 17.1 Å². The lowest BCUT2D eigenvalue weighted by molar-refractivity contribution is -0.115. The van der Waals surface area contributed by atoms with Gasteiger partial charge in [0.1, 0.15) is 11.5 Å². The Morgan fingerprint density at radius 1 is 1.04 bits per heavy atom. The third-order valence-electron chi connectivity index (χ3n) is 3.96. The number of carbonyl (C=O) groups excluding carboxylic acids is 1. The molecule has 0 aliphatic heterocycles. The summed E-state index contributed by atoms with van der Waals surface area (Å²) in [7, 11) is 0. The van der Waals surface area contributed by atoms with E-state index in [4.69, 9.17) is 10.6 Å². The van der Waals surface area contributed by atoms with E-state index in [1.54, 1.807) is 19.1 Å². The van der Waals surface area contributed by atoms with Crippen LogP contribution < -0.4 is 15.9 Å². The molecular formula is C20H23N5O2S. The minimum Gasteiger partial charge on any atom is -0.457 e. The van der Waals surface area contributed by atoms with Crippen molar-refractivity contribution in [1.82, 2.24) is 14.9 Å². The van der Waals surface area contributed by atoms with Crippen molar-refractivity contribution >= 4 is 23.4 Å². The summed E-state index contributed by atoms with van der Waals surface area (Å²) >= 11 is 1.27. The van der Waals surface area contributed by atoms with Gasteiger partial charge < -0.3 is 15.9 Å². The maximum Gasteiger partial charge on any atom is 0.237 e. The van der Waals surface area contributed by atoms with Crippen LogP contribution in [0.4, 0.5) is 5.69 Å². The molecule has 0 radical (unpaired) electrons. The van der Waals surface area contributed by atoms with Crippen molar-refractivity contribution in [2.75, 3.05) is 11.2 Å². The Balaban J connectivity index is 1.58. The Bertz CT molecular complexity index is 926. The van der Waals surface area contributed by atoms with Gasteiger partial charge in [0, 0.05) is 11.6 Å². The number of benzene rings is 2. The van der Waals surface area contributed by atoms with Gasteiger partial charge in [-0.25, -0.2) is 4.68 Å². The minimum absolute atomic E-state index is 0.143. The summed E-state index contributed by atoms with van der Waals surface area (Å²) in [5.41, 5.74) is 0.690. The molecule has 0 saturated heterocycles. The molecule has 0 bridgehead atoms. The second-order valence-electron chi connectivity index (χ2n) is 6.55. The number of anilines is 1. The zero-order valence-electron chi connectivity index (χ0n) is 16.0. The first-order valence-corrected chi connectivity index (χ1v) is 9.83. The molecule has 3 aromatic rings. The SMILES string of the molecule is CC(Sc1nnc(C(C)C)n1N)C(=O)Nc1ccc(Oc2ccccc2)cc1. The van der Waals surface area contributed by atoms with Gasteiger partial charge in [-0.15, -0.1) is 10.2 Å². The summed E-state index contributed by atoms with van der Waals surface area (Å²) < 4.78 is 7.19. The highest BCUT2D eigenvalue weighted by Gasteiger charge is 2.20. The quantitative estimate of drug-likeness (QED) is 0.462. The number of nitrogens with two attached hydrogens (primary N) is 1. The van der Waals surface area contributed by atoms with Gasteiger partial charge in [-0.1, -0.05) is 43.8 Å². The van der Waals surface area contributed by atoms with Crippen molar-refractivity contribution < 1.29 is 9.53 Å². The van der Waals surface area contributed by atoms with E-state index in [0.29, 0.717) is 22.4 Å². The number of ether oxygens (including phenoxy) is 1. The average molecular weight is 398 g/mol. The molecule has 146 valence electrons. The molecule has 8 heteroatoms. The first-order valence-electron chi connectivity index (χ1n) is 8.95. The fourth-order valence-corrected chi connectivity index (χ4v) is 3.23. The lowest BCUT2D eigenvalue weighted by atomic mass is 10.2. The summed E-state index contributed by atoms with van der Waals surface area (Å²) in [6, 6.07) is 16.8. The number of nitrogen functional groups attached to an aromatic ring is 1. The van der Waals surface area contributed by atoms with E-state index in [1.165, 1.54) is 16.4 Å². The van der Waals surface area contributed by atoms with Crippen LogP contribution in [-0.4, -0.2) is 26.0 Å². The van der Waals surface area contributed by atoms with Crippen molar-refractivity contribution in [3.05, 3.63) is 60.4 Å². The van der Waals surface area contributed by atoms with E-state index in [9.17, 15) is 4.79 Å². The number of nitrogens with one attached hydrogen (secondary N) is 1. The number of nitrogens with zero attached hydrogens (tertiary/aromatic N) is 3. The summed E-state index contributed by atoms with van der Waals surface area (Å²) in [5.74, 6) is 8.17. The maximum absolute atomic E-state index is 12.5. The molecule has 0 saturated carbocycles. The highest BCUT2D eigenvalue weighted by atomic mass is 32.2. The topological polar surface area (TPSA) is 95.1 Å². The molecule has 1 aromatic heterocycles. The largest absolute Gasteiger partial charge is 0.457 e. The van der Waals surface area contributed by atoms with E-state index in [1.807, 2.05) is 56.3 Å². The molecule has 1 unspecified atom stereocenters. The summed E-state index contributed by atoms with van der Waals surface area (Å²) in [4.78, 5) is 12.5. The van der Waals surface area contributed by atoms with Crippen molar-refractivity contribution in [3.8, 4) is 11.5 Å². The predicted molar refractivity (Wildman–Crippen MR) is 111 cm³/mol. The number of hydrogen-bond acceptors (Lipinski definition) is 6. The number of aromatic nitrogens is 3. The molecule has 28 heavy (non-hydrogen) atoms. The number of amides is 1. The van der Waals surface area contributed by atoms with Crippen LogP contribution in [0, 0.1) is 0 Å². The lowest BCUT2D eigenvalue weighted by Crippen LogP contribution is -2.24. The van der Waals surface area contributed by atoms with E-state index in [2.05, 4.69) is 15.5 Å². The third-order valence-corrected chi connectivity index (χ3v) is 5.02. The average Bonchev–Trinajstić information content (AvgIpc) is 3.04. The Morgan fingerprint density at radius 3 is 2.29 bits per heavy atom. The van der Waals surface area contributed by atoms with Crippen LogP contribution in [0.2, 0.25) is 0 Å². The highest BCUT2D eigenvalue weighted by Crippen LogP contribution is 2.25. The summed E-state index contributed by atoms with van der Waals surface area (Å²) in [6.45, 7) is 5.78. The summed E-state index contributed by atoms with van der Waals surface area (Å²) in [6.07, 6.45) is 0. The van der Waals surface area contributed by atoms with Gasteiger partial charge >= 0.3 is 0 Å². The molecule has 1 atom stereocenters. The normalized spacial score (nSPS) is 12.0. The number of hydrogen-bond donors (Lipinski definition) is 2. The van der Waals surface area contributed by atoms with Crippen molar-refractivity contribution in [2.24, 2.45) is 0 Å². The Morgan fingerprint density at radius 2 is 1.68 bits per heavy atom. The van der Waals surface area contributed by atoms with Crippen LogP contribution in [0.25, 0.3) is 0 Å². The van der Waals surface area contributed by atoms with Gasteiger partial charge in [0.15, 0.2) is 5.82 Å². The highest BCUT2D eigenvalue weighted by molar-refractivity contribution is 8.00. The monoisotopic (exact) mass is 397 g/mol. The third kappa shape index (κ3) is 4.83. The number of carbonyl (C=O) groups is 1. The smallest absolute Gasteiger partial charge is 0.237 e. The number of thioether (sulfide) groups is 1. The fourth-order valence-electron chi connectivity index (χ4n) is 2.45. The number of para-hydroxylation sites is 1. The van der Waals surface area contributed by atoms with Crippen molar-refractivity contribution in [1.29, 1.82) is 0 Å². The molecule has 7 nitrogen and oxygen atoms in total. The van der Waals surface area contributed by atoms with Gasteiger partial charge in [0.2, 0.25) is 11.1 Å². The van der Waals surface area contributed by atoms with Gasteiger partial charge in [0.05, 0.1) is 5.25 Å². The van der Waals surface area contributed by atoms with E-state index >= 15 is 0 Å². The molecule has 0 aliphatic carbocycles. The molecular weight excluding hydrogens is 374 g/mol. The van der Waals surface area contributed by atoms with Gasteiger partial charge in [-0.3, -0.25) is 4.79 Å². The van der Waals surface area contributed by atoms with Crippen LogP contribution in [0.15, 0.2) is 59.8 Å². The molecule has 0 spiro atoms. The minimum atomic E-state index is -0.383. The molecule has 1 heterocycles. The zero-order valence-corrected chi connectivity index (χ0v) is 16.8. The second kappa shape index (κ2) is 8.79. The molecule has 1 amide bonds. The standard InChI is InChI=1S/C20H23N5O2S/c1-13(2)18-23-24-20(25(18)21)28-14(3)19(26)22-15-9-11-17(12-10-15)27-16-7-5-4-6-8-16/h4-14H,21H2,1-3H3,(H,22,26). The fraction of sp³-hybridized carbons (Fsp3) is 0.250. The Kier molecular flexibility index (Phi) is 6.20. The molecule has 3 N–H and O–H groups in total. The zero-order chi connectivity index (χ0) is 20.1. The van der Waals surface area contributed by atoms with Gasteiger partial charge in [-0.05, 0) is 43.3 Å². The van der Waals surface area contributed by atoms with Crippen LogP contribution in [0.5, 0.6) is 11.5 Å². The maximum atomic E-state index is 12.5. The first-order chi connectivity index (χ1) is 13.4. The van der Waals surface area contributed by atoms with Crippen LogP contribution in [-0.2, 0) is 4.79 Å². The molecule has 2 aromatic carbocycles. The molecule has 0 aliphatic rings. The Hall–Kier alpha value is -3.00. The summed E-state index contributed by atoms with van der Waals surface area (Å²) in [5, 5.41) is 11.2. The van der Waals surface area contributed by atoms with Crippen molar-refractivity contribution in [3.63, 3.8) is 0 Å². The van der Waals surface area contributed by atoms with Crippen molar-refractivity contribution in [2.45, 2.75) is 37.1 Å². The molecule has 0 fully saturated rings. The van der Waals surface area contributed by atoms with Gasteiger partial charge in [-0.2, -0.15) is 0 Å². The number of rotatable bonds is 7.